The van der Waals surface area contributed by atoms with Crippen LogP contribution >= 0.6 is 0 Å². The van der Waals surface area contributed by atoms with Crippen molar-refractivity contribution in [1.29, 1.82) is 0 Å². The van der Waals surface area contributed by atoms with Crippen molar-refractivity contribution in [3.05, 3.63) is 70.7 Å². The molecule has 2 aliphatic rings. The van der Waals surface area contributed by atoms with E-state index >= 15 is 0 Å². The average molecular weight is 404 g/mol. The molecule has 1 unspecified atom stereocenters. The van der Waals surface area contributed by atoms with E-state index in [1.54, 1.807) is 6.20 Å². The van der Waals surface area contributed by atoms with Crippen LogP contribution in [-0.4, -0.2) is 49.6 Å². The Morgan fingerprint density at radius 3 is 2.67 bits per heavy atom. The highest BCUT2D eigenvalue weighted by Crippen LogP contribution is 2.34. The second-order valence-electron chi connectivity index (χ2n) is 8.13. The fraction of sp³-hybridized carbons (Fsp3) is 0.348. The van der Waals surface area contributed by atoms with Crippen LogP contribution in [0.4, 0.5) is 0 Å². The molecule has 0 bridgehead atoms. The number of aromatic carboxylic acids is 1. The number of hydrogen-bond acceptors (Lipinski definition) is 5. The molecule has 0 fully saturated rings. The van der Waals surface area contributed by atoms with Crippen molar-refractivity contribution < 1.29 is 15.0 Å². The number of hydrogen-bond donors (Lipinski definition) is 3. The Hall–Kier alpha value is -3.03. The zero-order valence-corrected chi connectivity index (χ0v) is 16.6. The highest BCUT2D eigenvalue weighted by atomic mass is 16.4. The first-order valence-corrected chi connectivity index (χ1v) is 10.3. The van der Waals surface area contributed by atoms with Gasteiger partial charge in [0, 0.05) is 36.1 Å². The zero-order chi connectivity index (χ0) is 20.7. The molecular formula is C23H24N4O3. The van der Waals surface area contributed by atoms with E-state index in [0.29, 0.717) is 24.7 Å². The highest BCUT2D eigenvalue weighted by Gasteiger charge is 2.29. The first-order valence-electron chi connectivity index (χ1n) is 10.3. The van der Waals surface area contributed by atoms with E-state index in [1.165, 1.54) is 15.8 Å². The minimum atomic E-state index is -1.01. The van der Waals surface area contributed by atoms with Crippen molar-refractivity contribution in [1.82, 2.24) is 20.1 Å². The normalized spacial score (nSPS) is 16.0. The lowest BCUT2D eigenvalue weighted by atomic mass is 9.90. The summed E-state index contributed by atoms with van der Waals surface area (Å²) >= 11 is 0. The predicted octanol–water partition coefficient (Wildman–Crippen LogP) is 1.86. The Morgan fingerprint density at radius 1 is 1.17 bits per heavy atom. The van der Waals surface area contributed by atoms with Crippen LogP contribution < -0.4 is 5.32 Å². The molecule has 3 N–H and O–H groups in total. The van der Waals surface area contributed by atoms with Crippen molar-refractivity contribution in [3.63, 3.8) is 0 Å². The van der Waals surface area contributed by atoms with Gasteiger partial charge in [0.1, 0.15) is 5.69 Å². The molecule has 0 spiro atoms. The van der Waals surface area contributed by atoms with Crippen LogP contribution in [0.1, 0.15) is 32.7 Å². The lowest BCUT2D eigenvalue weighted by Gasteiger charge is -2.17. The summed E-state index contributed by atoms with van der Waals surface area (Å²) in [5.74, 6) is -1.01. The summed E-state index contributed by atoms with van der Waals surface area (Å²) < 4.78 is 1.46. The first kappa shape index (κ1) is 19.0. The molecule has 2 heterocycles. The summed E-state index contributed by atoms with van der Waals surface area (Å²) in [6, 6.07) is 10.6. The fourth-order valence-electron chi connectivity index (χ4n) is 4.71. The third-order valence-electron chi connectivity index (χ3n) is 6.13. The van der Waals surface area contributed by atoms with Crippen LogP contribution in [0.5, 0.6) is 0 Å². The largest absolute Gasteiger partial charge is 0.477 e. The van der Waals surface area contributed by atoms with Gasteiger partial charge in [0.2, 0.25) is 0 Å². The smallest absolute Gasteiger partial charge is 0.354 e. The zero-order valence-electron chi connectivity index (χ0n) is 16.6. The number of carbonyl (C=O) groups is 1. The molecule has 5 rings (SSSR count). The number of aliphatic hydroxyl groups excluding tert-OH is 1. The van der Waals surface area contributed by atoms with E-state index in [4.69, 9.17) is 0 Å². The molecule has 154 valence electrons. The molecular weight excluding hydrogens is 380 g/mol. The van der Waals surface area contributed by atoms with E-state index < -0.39 is 12.1 Å². The third-order valence-corrected chi connectivity index (χ3v) is 6.13. The number of carboxylic acids is 1. The second-order valence-corrected chi connectivity index (χ2v) is 8.13. The molecule has 0 aliphatic heterocycles. The third kappa shape index (κ3) is 3.40. The Labute approximate surface area is 174 Å². The SMILES string of the molecule is O=C(O)c1c2c(nn1CC(O)CNC1Cc3ccccc3C1)-c1ccncc1CC2. The average Bonchev–Trinajstić information content (AvgIpc) is 3.33. The van der Waals surface area contributed by atoms with Crippen LogP contribution in [0.2, 0.25) is 0 Å². The quantitative estimate of drug-likeness (QED) is 0.580. The molecule has 30 heavy (non-hydrogen) atoms. The van der Waals surface area contributed by atoms with Gasteiger partial charge in [-0.2, -0.15) is 5.10 Å². The molecule has 0 radical (unpaired) electrons. The van der Waals surface area contributed by atoms with Gasteiger partial charge in [-0.3, -0.25) is 9.67 Å². The summed E-state index contributed by atoms with van der Waals surface area (Å²) in [7, 11) is 0. The number of pyridine rings is 1. The highest BCUT2D eigenvalue weighted by molar-refractivity contribution is 5.90. The molecule has 0 amide bonds. The van der Waals surface area contributed by atoms with Crippen molar-refractivity contribution >= 4 is 5.97 Å². The van der Waals surface area contributed by atoms with E-state index in [2.05, 4.69) is 39.7 Å². The van der Waals surface area contributed by atoms with Crippen LogP contribution in [0, 0.1) is 0 Å². The van der Waals surface area contributed by atoms with Gasteiger partial charge < -0.3 is 15.5 Å². The number of carboxylic acid groups (broad SMARTS) is 1. The van der Waals surface area contributed by atoms with E-state index in [1.807, 2.05) is 12.3 Å². The Morgan fingerprint density at radius 2 is 1.93 bits per heavy atom. The number of aliphatic hydroxyl groups is 1. The van der Waals surface area contributed by atoms with Gasteiger partial charge in [0.05, 0.1) is 18.3 Å². The fourth-order valence-corrected chi connectivity index (χ4v) is 4.71. The lowest BCUT2D eigenvalue weighted by molar-refractivity contribution is 0.0674. The molecule has 3 aromatic rings. The summed E-state index contributed by atoms with van der Waals surface area (Å²) in [6.07, 6.45) is 6.04. The molecule has 0 saturated carbocycles. The van der Waals surface area contributed by atoms with Crippen molar-refractivity contribution in [2.45, 2.75) is 44.4 Å². The standard InChI is InChI=1S/C23H24N4O3/c28-18(12-25-17-9-14-3-1-2-4-15(14)10-17)13-27-22(23(29)30)20-6-5-16-11-24-8-7-19(16)21(20)26-27/h1-4,7-8,11,17-18,25,28H,5-6,9-10,12-13H2,(H,29,30). The Kier molecular flexibility index (Phi) is 4.84. The van der Waals surface area contributed by atoms with Gasteiger partial charge in [-0.15, -0.1) is 0 Å². The maximum absolute atomic E-state index is 12.0. The number of aromatic nitrogens is 3. The van der Waals surface area contributed by atoms with Gasteiger partial charge in [-0.1, -0.05) is 24.3 Å². The molecule has 1 aromatic carbocycles. The summed E-state index contributed by atoms with van der Waals surface area (Å²) in [4.78, 5) is 16.1. The van der Waals surface area contributed by atoms with Crippen molar-refractivity contribution in [2.75, 3.05) is 6.54 Å². The molecule has 7 nitrogen and oxygen atoms in total. The second kappa shape index (κ2) is 7.66. The molecule has 2 aliphatic carbocycles. The predicted molar refractivity (Wildman–Crippen MR) is 111 cm³/mol. The van der Waals surface area contributed by atoms with Gasteiger partial charge >= 0.3 is 5.97 Å². The van der Waals surface area contributed by atoms with E-state index in [0.717, 1.165) is 36.0 Å². The van der Waals surface area contributed by atoms with Crippen LogP contribution in [0.25, 0.3) is 11.3 Å². The molecule has 7 heteroatoms. The maximum atomic E-state index is 12.0. The number of aryl methyl sites for hydroxylation is 1. The molecule has 1 atom stereocenters. The van der Waals surface area contributed by atoms with Crippen LogP contribution in [-0.2, 0) is 32.2 Å². The number of rotatable bonds is 6. The minimum Gasteiger partial charge on any atom is -0.477 e. The van der Waals surface area contributed by atoms with Gasteiger partial charge in [-0.05, 0) is 48.4 Å². The number of nitrogens with one attached hydrogen (secondary N) is 1. The maximum Gasteiger partial charge on any atom is 0.354 e. The molecule has 2 aromatic heterocycles. The number of benzene rings is 1. The van der Waals surface area contributed by atoms with E-state index in [-0.39, 0.29) is 12.2 Å². The summed E-state index contributed by atoms with van der Waals surface area (Å²) in [5.41, 5.74) is 6.34. The monoisotopic (exact) mass is 404 g/mol. The topological polar surface area (TPSA) is 100 Å². The van der Waals surface area contributed by atoms with Crippen LogP contribution in [0.3, 0.4) is 0 Å². The number of nitrogens with zero attached hydrogens (tertiary/aromatic N) is 3. The van der Waals surface area contributed by atoms with E-state index in [9.17, 15) is 15.0 Å². The van der Waals surface area contributed by atoms with Crippen LogP contribution in [0.15, 0.2) is 42.7 Å². The van der Waals surface area contributed by atoms with Gasteiger partial charge in [-0.25, -0.2) is 4.79 Å². The number of fused-ring (bicyclic) bond motifs is 4. The van der Waals surface area contributed by atoms with Gasteiger partial charge in [0.15, 0.2) is 0 Å². The minimum absolute atomic E-state index is 0.141. The van der Waals surface area contributed by atoms with Crippen molar-refractivity contribution in [3.8, 4) is 11.3 Å². The molecule has 0 saturated heterocycles. The summed E-state index contributed by atoms with van der Waals surface area (Å²) in [6.45, 7) is 0.532. The van der Waals surface area contributed by atoms with Crippen molar-refractivity contribution in [2.24, 2.45) is 0 Å². The summed E-state index contributed by atoms with van der Waals surface area (Å²) in [5, 5.41) is 28.4. The Balaban J connectivity index is 1.31. The lowest BCUT2D eigenvalue weighted by Crippen LogP contribution is -2.38. The first-order chi connectivity index (χ1) is 14.6. The van der Waals surface area contributed by atoms with Gasteiger partial charge in [0.25, 0.3) is 0 Å². The Bertz CT molecular complexity index is 1080.